The van der Waals surface area contributed by atoms with Crippen LogP contribution in [0.1, 0.15) is 23.2 Å². The first-order valence-corrected chi connectivity index (χ1v) is 8.21. The highest BCUT2D eigenvalue weighted by atomic mass is 35.5. The van der Waals surface area contributed by atoms with Crippen molar-refractivity contribution in [1.82, 2.24) is 10.2 Å². The molecule has 0 unspecified atom stereocenters. The predicted molar refractivity (Wildman–Crippen MR) is 106 cm³/mol. The molecule has 0 radical (unpaired) electrons. The predicted octanol–water partition coefficient (Wildman–Crippen LogP) is 2.62. The van der Waals surface area contributed by atoms with Gasteiger partial charge in [0, 0.05) is 25.7 Å². The molecular weight excluding hydrogens is 389 g/mol. The number of nitrogens with two attached hydrogens (primary N) is 1. The summed E-state index contributed by atoms with van der Waals surface area (Å²) in [4.78, 5) is 14.6. The van der Waals surface area contributed by atoms with Crippen molar-refractivity contribution in [1.29, 1.82) is 0 Å². The van der Waals surface area contributed by atoms with Crippen molar-refractivity contribution in [2.75, 3.05) is 52.2 Å². The number of rotatable bonds is 7. The first-order valence-electron chi connectivity index (χ1n) is 7.83. The third-order valence-corrected chi connectivity index (χ3v) is 4.18. The molecule has 1 amide bonds. The van der Waals surface area contributed by atoms with Crippen LogP contribution in [-0.4, -0.2) is 57.3 Å². The van der Waals surface area contributed by atoms with Crippen molar-refractivity contribution < 1.29 is 14.3 Å². The minimum atomic E-state index is -0.199. The summed E-state index contributed by atoms with van der Waals surface area (Å²) < 4.78 is 10.5. The second-order valence-corrected chi connectivity index (χ2v) is 5.90. The molecule has 1 aromatic rings. The highest BCUT2D eigenvalue weighted by Gasteiger charge is 2.15. The molecule has 6 nitrogen and oxygen atoms in total. The van der Waals surface area contributed by atoms with Gasteiger partial charge >= 0.3 is 0 Å². The summed E-state index contributed by atoms with van der Waals surface area (Å²) in [6.45, 7) is 5.27. The van der Waals surface area contributed by atoms with Crippen LogP contribution in [0.25, 0.3) is 0 Å². The lowest BCUT2D eigenvalue weighted by atomic mass is 10.1. The van der Waals surface area contributed by atoms with Gasteiger partial charge in [-0.3, -0.25) is 9.69 Å². The molecule has 1 aliphatic heterocycles. The number of ether oxygens (including phenoxy) is 2. The third-order valence-electron chi connectivity index (χ3n) is 3.85. The Hall–Kier alpha value is -0.920. The summed E-state index contributed by atoms with van der Waals surface area (Å²) in [7, 11) is 1.50. The molecule has 144 valence electrons. The van der Waals surface area contributed by atoms with E-state index in [9.17, 15) is 4.79 Å². The number of unbranched alkanes of at least 4 members (excludes halogenated alkanes) is 1. The Morgan fingerprint density at radius 1 is 1.32 bits per heavy atom. The third kappa shape index (κ3) is 7.46. The fraction of sp³-hybridized carbons (Fsp3) is 0.562. The number of anilines is 1. The number of benzene rings is 1. The molecule has 3 N–H and O–H groups in total. The fourth-order valence-electron chi connectivity index (χ4n) is 2.50. The monoisotopic (exact) mass is 413 g/mol. The van der Waals surface area contributed by atoms with Crippen molar-refractivity contribution in [3.63, 3.8) is 0 Å². The van der Waals surface area contributed by atoms with E-state index in [0.29, 0.717) is 28.6 Å². The van der Waals surface area contributed by atoms with Crippen LogP contribution in [0, 0.1) is 0 Å². The number of nitrogens with zero attached hydrogens (tertiary/aromatic N) is 1. The average molecular weight is 415 g/mol. The molecule has 9 heteroatoms. The zero-order valence-electron chi connectivity index (χ0n) is 14.3. The molecular formula is C16H26Cl3N3O3. The van der Waals surface area contributed by atoms with E-state index in [2.05, 4.69) is 10.2 Å². The van der Waals surface area contributed by atoms with Crippen molar-refractivity contribution in [3.8, 4) is 5.75 Å². The van der Waals surface area contributed by atoms with Gasteiger partial charge in [0.2, 0.25) is 0 Å². The normalized spacial score (nSPS) is 14.2. The van der Waals surface area contributed by atoms with Crippen molar-refractivity contribution in [3.05, 3.63) is 22.7 Å². The molecule has 0 atom stereocenters. The number of nitrogen functional groups attached to an aromatic ring is 1. The molecule has 0 spiro atoms. The number of hydrogen-bond acceptors (Lipinski definition) is 5. The van der Waals surface area contributed by atoms with Crippen molar-refractivity contribution >= 4 is 48.0 Å². The van der Waals surface area contributed by atoms with E-state index in [-0.39, 0.29) is 30.7 Å². The molecule has 1 saturated heterocycles. The number of halogens is 3. The maximum atomic E-state index is 12.2. The molecule has 0 bridgehead atoms. The number of methoxy groups -OCH3 is 1. The quantitative estimate of drug-likeness (QED) is 0.530. The fourth-order valence-corrected chi connectivity index (χ4v) is 2.66. The zero-order chi connectivity index (χ0) is 16.7. The van der Waals surface area contributed by atoms with E-state index in [1.54, 1.807) is 12.1 Å². The van der Waals surface area contributed by atoms with Crippen LogP contribution in [0.5, 0.6) is 5.75 Å². The standard InChI is InChI=1S/C16H24ClN3O3.2ClH/c1-22-15-11-14(18)13(17)10-12(15)16(21)19-4-2-3-5-20-6-8-23-9-7-20;;/h10-11H,2-9,18H2,1H3,(H,19,21);2*1H. The van der Waals surface area contributed by atoms with E-state index in [1.165, 1.54) is 7.11 Å². The molecule has 1 fully saturated rings. The van der Waals surface area contributed by atoms with E-state index >= 15 is 0 Å². The first kappa shape index (κ1) is 24.1. The highest BCUT2D eigenvalue weighted by molar-refractivity contribution is 6.33. The lowest BCUT2D eigenvalue weighted by Gasteiger charge is -2.26. The molecule has 2 rings (SSSR count). The van der Waals surface area contributed by atoms with Crippen LogP contribution in [0.4, 0.5) is 5.69 Å². The second kappa shape index (κ2) is 12.4. The molecule has 0 saturated carbocycles. The van der Waals surface area contributed by atoms with E-state index in [4.69, 9.17) is 26.8 Å². The minimum absolute atomic E-state index is 0. The van der Waals surface area contributed by atoms with Crippen LogP contribution >= 0.6 is 36.4 Å². The van der Waals surface area contributed by atoms with Gasteiger partial charge in [0.05, 0.1) is 36.6 Å². The van der Waals surface area contributed by atoms with E-state index < -0.39 is 0 Å². The summed E-state index contributed by atoms with van der Waals surface area (Å²) in [5.41, 5.74) is 6.52. The highest BCUT2D eigenvalue weighted by Crippen LogP contribution is 2.28. The van der Waals surface area contributed by atoms with Gasteiger partial charge in [-0.05, 0) is 25.5 Å². The van der Waals surface area contributed by atoms with Crippen LogP contribution in [0.2, 0.25) is 5.02 Å². The Bertz CT molecular complexity index is 541. The summed E-state index contributed by atoms with van der Waals surface area (Å²) in [6.07, 6.45) is 1.97. The molecule has 1 heterocycles. The maximum absolute atomic E-state index is 12.2. The largest absolute Gasteiger partial charge is 0.496 e. The summed E-state index contributed by atoms with van der Waals surface area (Å²) in [6, 6.07) is 3.11. The first-order chi connectivity index (χ1) is 11.1. The SMILES string of the molecule is COc1cc(N)c(Cl)cc1C(=O)NCCCCN1CCOCC1.Cl.Cl. The van der Waals surface area contributed by atoms with Gasteiger partial charge in [0.25, 0.3) is 5.91 Å². The van der Waals surface area contributed by atoms with Gasteiger partial charge in [-0.25, -0.2) is 0 Å². The number of amides is 1. The summed E-state index contributed by atoms with van der Waals surface area (Å²) in [5, 5.41) is 3.25. The molecule has 25 heavy (non-hydrogen) atoms. The van der Waals surface area contributed by atoms with Gasteiger partial charge in [-0.1, -0.05) is 11.6 Å². The van der Waals surface area contributed by atoms with E-state index in [1.807, 2.05) is 0 Å². The Morgan fingerprint density at radius 3 is 2.64 bits per heavy atom. The summed E-state index contributed by atoms with van der Waals surface area (Å²) >= 11 is 5.98. The lowest BCUT2D eigenvalue weighted by molar-refractivity contribution is 0.0372. The molecule has 1 aromatic carbocycles. The number of morpholine rings is 1. The maximum Gasteiger partial charge on any atom is 0.255 e. The van der Waals surface area contributed by atoms with Gasteiger partial charge in [-0.2, -0.15) is 0 Å². The van der Waals surface area contributed by atoms with Gasteiger partial charge in [0.15, 0.2) is 0 Å². The number of hydrogen-bond donors (Lipinski definition) is 2. The molecule has 0 aromatic heterocycles. The smallest absolute Gasteiger partial charge is 0.255 e. The zero-order valence-corrected chi connectivity index (χ0v) is 16.6. The van der Waals surface area contributed by atoms with Gasteiger partial charge in [0.1, 0.15) is 5.75 Å². The van der Waals surface area contributed by atoms with Crippen LogP contribution in [-0.2, 0) is 4.74 Å². The van der Waals surface area contributed by atoms with Crippen molar-refractivity contribution in [2.24, 2.45) is 0 Å². The number of carbonyl (C=O) groups is 1. The molecule has 1 aliphatic rings. The van der Waals surface area contributed by atoms with E-state index in [0.717, 1.165) is 45.7 Å². The minimum Gasteiger partial charge on any atom is -0.496 e. The van der Waals surface area contributed by atoms with Crippen LogP contribution < -0.4 is 15.8 Å². The van der Waals surface area contributed by atoms with Gasteiger partial charge < -0.3 is 20.5 Å². The summed E-state index contributed by atoms with van der Waals surface area (Å²) in [5.74, 6) is 0.229. The molecule has 0 aliphatic carbocycles. The van der Waals surface area contributed by atoms with Crippen LogP contribution in [0.15, 0.2) is 12.1 Å². The number of carbonyl (C=O) groups excluding carboxylic acids is 1. The van der Waals surface area contributed by atoms with Crippen molar-refractivity contribution in [2.45, 2.75) is 12.8 Å². The Balaban J connectivity index is 0.00000288. The Kier molecular flexibility index (Phi) is 12.0. The lowest BCUT2D eigenvalue weighted by Crippen LogP contribution is -2.37. The number of nitrogens with one attached hydrogen (secondary N) is 1. The average Bonchev–Trinajstić information content (AvgIpc) is 2.57. The topological polar surface area (TPSA) is 76.8 Å². The van der Waals surface area contributed by atoms with Crippen LogP contribution in [0.3, 0.4) is 0 Å². The Labute approximate surface area is 166 Å². The second-order valence-electron chi connectivity index (χ2n) is 5.49. The van der Waals surface area contributed by atoms with Gasteiger partial charge in [-0.15, -0.1) is 24.8 Å². The Morgan fingerprint density at radius 2 is 2.00 bits per heavy atom.